The highest BCUT2D eigenvalue weighted by Crippen LogP contribution is 2.35. The summed E-state index contributed by atoms with van der Waals surface area (Å²) in [5.41, 5.74) is 1.39. The zero-order valence-electron chi connectivity index (χ0n) is 12.5. The number of fused-ring (bicyclic) bond motifs is 1. The first kappa shape index (κ1) is 14.3. The van der Waals surface area contributed by atoms with Crippen molar-refractivity contribution in [2.75, 3.05) is 13.9 Å². The van der Waals surface area contributed by atoms with Crippen LogP contribution in [0.15, 0.2) is 42.5 Å². The average molecular weight is 299 g/mol. The van der Waals surface area contributed by atoms with Gasteiger partial charge in [0.15, 0.2) is 11.5 Å². The van der Waals surface area contributed by atoms with Gasteiger partial charge in [-0.25, -0.2) is 0 Å². The Labute approximate surface area is 128 Å². The van der Waals surface area contributed by atoms with Crippen molar-refractivity contribution in [3.05, 3.63) is 53.6 Å². The SMILES string of the molecule is COc1ccccc1[C@@H](C)NC(=O)c1cccc2c1OCO2. The van der Waals surface area contributed by atoms with Crippen LogP contribution >= 0.6 is 0 Å². The molecule has 2 aromatic carbocycles. The molecule has 1 atom stereocenters. The van der Waals surface area contributed by atoms with E-state index in [2.05, 4.69) is 5.32 Å². The Morgan fingerprint density at radius 2 is 2.00 bits per heavy atom. The second kappa shape index (κ2) is 5.97. The van der Waals surface area contributed by atoms with Crippen LogP contribution < -0.4 is 19.5 Å². The maximum absolute atomic E-state index is 12.5. The number of methoxy groups -OCH3 is 1. The number of ether oxygens (including phenoxy) is 3. The van der Waals surface area contributed by atoms with Crippen molar-refractivity contribution in [2.24, 2.45) is 0 Å². The first-order valence-electron chi connectivity index (χ1n) is 7.03. The smallest absolute Gasteiger partial charge is 0.255 e. The van der Waals surface area contributed by atoms with E-state index in [4.69, 9.17) is 14.2 Å². The standard InChI is InChI=1S/C17H17NO4/c1-11(12-6-3-4-8-14(12)20-2)18-17(19)13-7-5-9-15-16(13)22-10-21-15/h3-9,11H,10H2,1-2H3,(H,18,19)/t11-/m1/s1. The number of benzene rings is 2. The minimum atomic E-state index is -0.208. The van der Waals surface area contributed by atoms with Crippen molar-refractivity contribution < 1.29 is 19.0 Å². The van der Waals surface area contributed by atoms with E-state index in [1.807, 2.05) is 31.2 Å². The zero-order chi connectivity index (χ0) is 15.5. The zero-order valence-corrected chi connectivity index (χ0v) is 12.5. The molecule has 0 fully saturated rings. The molecule has 0 aliphatic carbocycles. The predicted octanol–water partition coefficient (Wildman–Crippen LogP) is 2.91. The van der Waals surface area contributed by atoms with Gasteiger partial charge in [-0.05, 0) is 25.1 Å². The van der Waals surface area contributed by atoms with Crippen LogP contribution in [0.1, 0.15) is 28.9 Å². The van der Waals surface area contributed by atoms with Crippen LogP contribution in [0.5, 0.6) is 17.2 Å². The van der Waals surface area contributed by atoms with E-state index in [0.717, 1.165) is 11.3 Å². The maximum atomic E-state index is 12.5. The van der Waals surface area contributed by atoms with Crippen LogP contribution in [0.4, 0.5) is 0 Å². The van der Waals surface area contributed by atoms with Gasteiger partial charge in [-0.3, -0.25) is 4.79 Å². The molecule has 1 heterocycles. The Kier molecular flexibility index (Phi) is 3.87. The van der Waals surface area contributed by atoms with Gasteiger partial charge >= 0.3 is 0 Å². The van der Waals surface area contributed by atoms with E-state index < -0.39 is 0 Å². The van der Waals surface area contributed by atoms with Crippen molar-refractivity contribution in [3.8, 4) is 17.2 Å². The molecule has 0 spiro atoms. The Bertz CT molecular complexity index is 699. The van der Waals surface area contributed by atoms with Crippen molar-refractivity contribution in [1.82, 2.24) is 5.32 Å². The normalized spacial score (nSPS) is 13.5. The highest BCUT2D eigenvalue weighted by Gasteiger charge is 2.23. The van der Waals surface area contributed by atoms with Crippen LogP contribution in [0.2, 0.25) is 0 Å². The molecule has 5 nitrogen and oxygen atoms in total. The largest absolute Gasteiger partial charge is 0.496 e. The summed E-state index contributed by atoms with van der Waals surface area (Å²) in [5.74, 6) is 1.62. The van der Waals surface area contributed by atoms with E-state index in [9.17, 15) is 4.79 Å². The minimum absolute atomic E-state index is 0.141. The summed E-state index contributed by atoms with van der Waals surface area (Å²) >= 11 is 0. The fourth-order valence-corrected chi connectivity index (χ4v) is 2.49. The molecular formula is C17H17NO4. The third-order valence-corrected chi connectivity index (χ3v) is 3.59. The first-order chi connectivity index (χ1) is 10.7. The van der Waals surface area contributed by atoms with E-state index in [0.29, 0.717) is 17.1 Å². The van der Waals surface area contributed by atoms with Gasteiger partial charge in [0, 0.05) is 5.56 Å². The van der Waals surface area contributed by atoms with E-state index in [1.54, 1.807) is 25.3 Å². The summed E-state index contributed by atoms with van der Waals surface area (Å²) in [6.07, 6.45) is 0. The van der Waals surface area contributed by atoms with Crippen LogP contribution in [0, 0.1) is 0 Å². The highest BCUT2D eigenvalue weighted by molar-refractivity contribution is 5.98. The molecule has 0 bridgehead atoms. The second-order valence-electron chi connectivity index (χ2n) is 4.98. The van der Waals surface area contributed by atoms with Crippen LogP contribution in [-0.4, -0.2) is 19.8 Å². The molecule has 1 N–H and O–H groups in total. The number of rotatable bonds is 4. The molecule has 0 saturated carbocycles. The molecule has 22 heavy (non-hydrogen) atoms. The molecule has 0 saturated heterocycles. The molecule has 0 radical (unpaired) electrons. The lowest BCUT2D eigenvalue weighted by Gasteiger charge is -2.17. The molecular weight excluding hydrogens is 282 g/mol. The van der Waals surface area contributed by atoms with Crippen LogP contribution in [0.25, 0.3) is 0 Å². The summed E-state index contributed by atoms with van der Waals surface area (Å²) in [5, 5.41) is 2.96. The third-order valence-electron chi connectivity index (χ3n) is 3.59. The fraction of sp³-hybridized carbons (Fsp3) is 0.235. The van der Waals surface area contributed by atoms with Gasteiger partial charge < -0.3 is 19.5 Å². The predicted molar refractivity (Wildman–Crippen MR) is 81.4 cm³/mol. The van der Waals surface area contributed by atoms with E-state index in [1.165, 1.54) is 0 Å². The molecule has 1 aliphatic rings. The number of carbonyl (C=O) groups excluding carboxylic acids is 1. The van der Waals surface area contributed by atoms with Crippen molar-refractivity contribution >= 4 is 5.91 Å². The monoisotopic (exact) mass is 299 g/mol. The molecule has 1 aliphatic heterocycles. The summed E-state index contributed by atoms with van der Waals surface area (Å²) in [7, 11) is 1.61. The Hall–Kier alpha value is -2.69. The highest BCUT2D eigenvalue weighted by atomic mass is 16.7. The summed E-state index contributed by atoms with van der Waals surface area (Å²) in [6.45, 7) is 2.05. The molecule has 1 amide bonds. The van der Waals surface area contributed by atoms with Gasteiger partial charge in [0.25, 0.3) is 5.91 Å². The van der Waals surface area contributed by atoms with Gasteiger partial charge in [0.05, 0.1) is 18.7 Å². The Morgan fingerprint density at radius 1 is 1.18 bits per heavy atom. The lowest BCUT2D eigenvalue weighted by Crippen LogP contribution is -2.27. The van der Waals surface area contributed by atoms with E-state index in [-0.39, 0.29) is 18.7 Å². The molecule has 5 heteroatoms. The average Bonchev–Trinajstić information content (AvgIpc) is 3.03. The first-order valence-corrected chi connectivity index (χ1v) is 7.03. The van der Waals surface area contributed by atoms with Crippen molar-refractivity contribution in [3.63, 3.8) is 0 Å². The molecule has 3 rings (SSSR count). The number of hydrogen-bond donors (Lipinski definition) is 1. The minimum Gasteiger partial charge on any atom is -0.496 e. The molecule has 0 unspecified atom stereocenters. The summed E-state index contributed by atoms with van der Waals surface area (Å²) in [6, 6.07) is 12.7. The maximum Gasteiger partial charge on any atom is 0.255 e. The quantitative estimate of drug-likeness (QED) is 0.943. The summed E-state index contributed by atoms with van der Waals surface area (Å²) < 4.78 is 16.0. The number of nitrogens with one attached hydrogen (secondary N) is 1. The Balaban J connectivity index is 1.81. The fourth-order valence-electron chi connectivity index (χ4n) is 2.49. The molecule has 114 valence electrons. The van der Waals surface area contributed by atoms with Crippen molar-refractivity contribution in [2.45, 2.75) is 13.0 Å². The third kappa shape index (κ3) is 2.57. The van der Waals surface area contributed by atoms with Crippen LogP contribution in [0.3, 0.4) is 0 Å². The number of hydrogen-bond acceptors (Lipinski definition) is 4. The van der Waals surface area contributed by atoms with Crippen molar-refractivity contribution in [1.29, 1.82) is 0 Å². The number of carbonyl (C=O) groups is 1. The van der Waals surface area contributed by atoms with Gasteiger partial charge in [-0.15, -0.1) is 0 Å². The second-order valence-corrected chi connectivity index (χ2v) is 4.98. The van der Waals surface area contributed by atoms with Crippen LogP contribution in [-0.2, 0) is 0 Å². The van der Waals surface area contributed by atoms with E-state index >= 15 is 0 Å². The molecule has 0 aromatic heterocycles. The molecule has 2 aromatic rings. The lowest BCUT2D eigenvalue weighted by molar-refractivity contribution is 0.0935. The van der Waals surface area contributed by atoms with Gasteiger partial charge in [0.2, 0.25) is 6.79 Å². The van der Waals surface area contributed by atoms with Gasteiger partial charge in [-0.1, -0.05) is 24.3 Å². The summed E-state index contributed by atoms with van der Waals surface area (Å²) in [4.78, 5) is 12.5. The van der Waals surface area contributed by atoms with Gasteiger partial charge in [0.1, 0.15) is 5.75 Å². The van der Waals surface area contributed by atoms with Gasteiger partial charge in [-0.2, -0.15) is 0 Å². The number of para-hydroxylation sites is 2. The Morgan fingerprint density at radius 3 is 2.82 bits per heavy atom. The lowest BCUT2D eigenvalue weighted by atomic mass is 10.1. The topological polar surface area (TPSA) is 56.8 Å². The number of amides is 1.